The summed E-state index contributed by atoms with van der Waals surface area (Å²) < 4.78 is 0. The Morgan fingerprint density at radius 2 is 1.90 bits per heavy atom. The monoisotopic (exact) mass is 269 g/mol. The smallest absolute Gasteiger partial charge is 0.258 e. The predicted molar refractivity (Wildman–Crippen MR) is 82.3 cm³/mol. The summed E-state index contributed by atoms with van der Waals surface area (Å²) in [4.78, 5) is 16.5. The third-order valence-electron chi connectivity index (χ3n) is 2.94. The van der Waals surface area contributed by atoms with E-state index < -0.39 is 0 Å². The van der Waals surface area contributed by atoms with Crippen LogP contribution in [0.15, 0.2) is 36.5 Å². The molecule has 0 aliphatic carbocycles. The summed E-state index contributed by atoms with van der Waals surface area (Å²) in [5.74, 6) is 0.404. The van der Waals surface area contributed by atoms with Crippen molar-refractivity contribution in [1.29, 1.82) is 0 Å². The minimum atomic E-state index is -0.155. The van der Waals surface area contributed by atoms with Crippen LogP contribution in [0.3, 0.4) is 0 Å². The summed E-state index contributed by atoms with van der Waals surface area (Å²) in [5, 5.41) is 6.03. The molecule has 104 valence electrons. The average Bonchev–Trinajstić information content (AvgIpc) is 2.42. The normalized spacial score (nSPS) is 10.2. The molecular weight excluding hydrogens is 250 g/mol. The van der Waals surface area contributed by atoms with Gasteiger partial charge in [0.2, 0.25) is 0 Å². The molecule has 2 rings (SSSR count). The standard InChI is InChI=1S/C16H19N3O/c1-4-17-14-9-11(2)5-7-13(14)16(20)19-15-8-6-12(3)10-18-15/h5-10,17H,4H2,1-3H3,(H,18,19,20). The van der Waals surface area contributed by atoms with Crippen LogP contribution in [-0.2, 0) is 0 Å². The van der Waals surface area contributed by atoms with Crippen molar-refractivity contribution in [2.24, 2.45) is 0 Å². The maximum absolute atomic E-state index is 12.3. The zero-order valence-electron chi connectivity index (χ0n) is 12.0. The van der Waals surface area contributed by atoms with Gasteiger partial charge in [0, 0.05) is 18.4 Å². The van der Waals surface area contributed by atoms with Crippen LogP contribution in [0.1, 0.15) is 28.4 Å². The molecule has 0 saturated heterocycles. The number of amides is 1. The van der Waals surface area contributed by atoms with Gasteiger partial charge in [-0.15, -0.1) is 0 Å². The number of hydrogen-bond donors (Lipinski definition) is 2. The van der Waals surface area contributed by atoms with Crippen LogP contribution in [0.4, 0.5) is 11.5 Å². The quantitative estimate of drug-likeness (QED) is 0.894. The van der Waals surface area contributed by atoms with E-state index in [-0.39, 0.29) is 5.91 Å². The minimum absolute atomic E-state index is 0.155. The van der Waals surface area contributed by atoms with Gasteiger partial charge in [-0.2, -0.15) is 0 Å². The summed E-state index contributed by atoms with van der Waals surface area (Å²) in [6.07, 6.45) is 1.73. The average molecular weight is 269 g/mol. The summed E-state index contributed by atoms with van der Waals surface area (Å²) >= 11 is 0. The van der Waals surface area contributed by atoms with E-state index in [1.165, 1.54) is 0 Å². The lowest BCUT2D eigenvalue weighted by molar-refractivity contribution is 0.102. The van der Waals surface area contributed by atoms with Crippen LogP contribution in [0.5, 0.6) is 0 Å². The molecule has 20 heavy (non-hydrogen) atoms. The van der Waals surface area contributed by atoms with Crippen molar-refractivity contribution in [1.82, 2.24) is 4.98 Å². The maximum atomic E-state index is 12.3. The fourth-order valence-electron chi connectivity index (χ4n) is 1.92. The van der Waals surface area contributed by atoms with Gasteiger partial charge in [0.15, 0.2) is 0 Å². The lowest BCUT2D eigenvalue weighted by Gasteiger charge is -2.11. The van der Waals surface area contributed by atoms with Gasteiger partial charge >= 0.3 is 0 Å². The van der Waals surface area contributed by atoms with Crippen molar-refractivity contribution < 1.29 is 4.79 Å². The van der Waals surface area contributed by atoms with Gasteiger partial charge in [0.1, 0.15) is 5.82 Å². The molecule has 1 heterocycles. The Morgan fingerprint density at radius 1 is 1.15 bits per heavy atom. The molecule has 2 aromatic rings. The lowest BCUT2D eigenvalue weighted by atomic mass is 10.1. The van der Waals surface area contributed by atoms with Gasteiger partial charge in [-0.3, -0.25) is 4.79 Å². The number of aromatic nitrogens is 1. The molecule has 0 bridgehead atoms. The summed E-state index contributed by atoms with van der Waals surface area (Å²) in [6, 6.07) is 9.45. The Bertz CT molecular complexity index is 606. The van der Waals surface area contributed by atoms with E-state index >= 15 is 0 Å². The highest BCUT2D eigenvalue weighted by Crippen LogP contribution is 2.19. The van der Waals surface area contributed by atoms with Gasteiger partial charge in [-0.05, 0) is 50.1 Å². The van der Waals surface area contributed by atoms with E-state index in [0.717, 1.165) is 23.4 Å². The molecular formula is C16H19N3O. The molecule has 1 aromatic carbocycles. The molecule has 0 saturated carbocycles. The third-order valence-corrected chi connectivity index (χ3v) is 2.94. The number of benzene rings is 1. The van der Waals surface area contributed by atoms with Crippen LogP contribution in [0.25, 0.3) is 0 Å². The highest BCUT2D eigenvalue weighted by atomic mass is 16.1. The Kier molecular flexibility index (Phi) is 4.35. The molecule has 0 radical (unpaired) electrons. The van der Waals surface area contributed by atoms with E-state index in [1.54, 1.807) is 12.3 Å². The molecule has 1 amide bonds. The van der Waals surface area contributed by atoms with Crippen molar-refractivity contribution in [2.45, 2.75) is 20.8 Å². The summed E-state index contributed by atoms with van der Waals surface area (Å²) in [7, 11) is 0. The van der Waals surface area contributed by atoms with Crippen molar-refractivity contribution in [2.75, 3.05) is 17.2 Å². The largest absolute Gasteiger partial charge is 0.385 e. The number of rotatable bonds is 4. The van der Waals surface area contributed by atoms with Crippen LogP contribution >= 0.6 is 0 Å². The van der Waals surface area contributed by atoms with Gasteiger partial charge in [0.25, 0.3) is 5.91 Å². The minimum Gasteiger partial charge on any atom is -0.385 e. The molecule has 1 aromatic heterocycles. The number of aryl methyl sites for hydroxylation is 2. The van der Waals surface area contributed by atoms with Gasteiger partial charge in [-0.25, -0.2) is 4.98 Å². The van der Waals surface area contributed by atoms with Crippen LogP contribution < -0.4 is 10.6 Å². The van der Waals surface area contributed by atoms with E-state index in [4.69, 9.17) is 0 Å². The lowest BCUT2D eigenvalue weighted by Crippen LogP contribution is -2.15. The van der Waals surface area contributed by atoms with Crippen molar-refractivity contribution in [3.63, 3.8) is 0 Å². The second-order valence-corrected chi connectivity index (χ2v) is 4.75. The maximum Gasteiger partial charge on any atom is 0.258 e. The fraction of sp³-hybridized carbons (Fsp3) is 0.250. The number of hydrogen-bond acceptors (Lipinski definition) is 3. The molecule has 0 aliphatic rings. The second-order valence-electron chi connectivity index (χ2n) is 4.75. The Balaban J connectivity index is 2.22. The Labute approximate surface area is 119 Å². The number of carbonyl (C=O) groups is 1. The van der Waals surface area contributed by atoms with Crippen molar-refractivity contribution in [3.05, 3.63) is 53.2 Å². The van der Waals surface area contributed by atoms with Crippen LogP contribution in [-0.4, -0.2) is 17.4 Å². The van der Waals surface area contributed by atoms with E-state index in [9.17, 15) is 4.79 Å². The Hall–Kier alpha value is -2.36. The zero-order valence-corrected chi connectivity index (χ0v) is 12.0. The van der Waals surface area contributed by atoms with E-state index in [2.05, 4.69) is 15.6 Å². The molecule has 0 atom stereocenters. The second kappa shape index (κ2) is 6.19. The SMILES string of the molecule is CCNc1cc(C)ccc1C(=O)Nc1ccc(C)cn1. The predicted octanol–water partition coefficient (Wildman–Crippen LogP) is 3.38. The van der Waals surface area contributed by atoms with Gasteiger partial charge < -0.3 is 10.6 Å². The van der Waals surface area contributed by atoms with Crippen LogP contribution in [0.2, 0.25) is 0 Å². The third kappa shape index (κ3) is 3.35. The molecule has 0 fully saturated rings. The Morgan fingerprint density at radius 3 is 2.55 bits per heavy atom. The summed E-state index contributed by atoms with van der Waals surface area (Å²) in [5.41, 5.74) is 3.65. The molecule has 0 spiro atoms. The number of nitrogens with one attached hydrogen (secondary N) is 2. The summed E-state index contributed by atoms with van der Waals surface area (Å²) in [6.45, 7) is 6.74. The van der Waals surface area contributed by atoms with Crippen molar-refractivity contribution >= 4 is 17.4 Å². The molecule has 4 nitrogen and oxygen atoms in total. The number of carbonyl (C=O) groups excluding carboxylic acids is 1. The number of anilines is 2. The van der Waals surface area contributed by atoms with Gasteiger partial charge in [0.05, 0.1) is 5.56 Å². The first-order chi connectivity index (χ1) is 9.60. The highest BCUT2D eigenvalue weighted by Gasteiger charge is 2.11. The van der Waals surface area contributed by atoms with Gasteiger partial charge in [-0.1, -0.05) is 12.1 Å². The van der Waals surface area contributed by atoms with E-state index in [1.807, 2.05) is 45.0 Å². The number of nitrogens with zero attached hydrogens (tertiary/aromatic N) is 1. The van der Waals surface area contributed by atoms with Crippen LogP contribution in [0, 0.1) is 13.8 Å². The van der Waals surface area contributed by atoms with Crippen molar-refractivity contribution in [3.8, 4) is 0 Å². The number of pyridine rings is 1. The highest BCUT2D eigenvalue weighted by molar-refractivity contribution is 6.07. The molecule has 2 N–H and O–H groups in total. The fourth-order valence-corrected chi connectivity index (χ4v) is 1.92. The topological polar surface area (TPSA) is 54.0 Å². The first-order valence-corrected chi connectivity index (χ1v) is 6.68. The first-order valence-electron chi connectivity index (χ1n) is 6.68. The molecule has 4 heteroatoms. The molecule has 0 unspecified atom stereocenters. The molecule has 0 aliphatic heterocycles. The van der Waals surface area contributed by atoms with E-state index in [0.29, 0.717) is 11.4 Å². The first kappa shape index (κ1) is 14.1. The zero-order chi connectivity index (χ0) is 14.5.